The second-order valence-electron chi connectivity index (χ2n) is 7.51. The monoisotopic (exact) mass is 445 g/mol. The smallest absolute Gasteiger partial charge is 0.326 e. The first kappa shape index (κ1) is 23.0. The molecule has 10 nitrogen and oxygen atoms in total. The van der Waals surface area contributed by atoms with Gasteiger partial charge in [-0.1, -0.05) is 36.9 Å². The minimum atomic E-state index is -1.35. The van der Waals surface area contributed by atoms with Gasteiger partial charge in [-0.3, -0.25) is 19.2 Å². The Balaban J connectivity index is 2.18. The maximum Gasteiger partial charge on any atom is 0.326 e. The summed E-state index contributed by atoms with van der Waals surface area (Å²) in [6, 6.07) is 5.59. The highest BCUT2D eigenvalue weighted by atomic mass is 16.4. The standard InChI is InChI=1S/C22H28N4O6/c1-2-19(28)26-12-6-9-17(26)21(30)25-16(13-14-7-4-3-5-8-14)20(29)24-15(22(31)32)10-11-18(23)27/h2-5,7-8,15-17H,1,6,9-13H2,(H2,23,27)(H,24,29)(H,25,30)(H,31,32)/t15-,16-,17-/m0/s1/i1D. The van der Waals surface area contributed by atoms with Crippen molar-refractivity contribution in [3.8, 4) is 0 Å². The fraction of sp³-hybridized carbons (Fsp3) is 0.409. The van der Waals surface area contributed by atoms with E-state index in [-0.39, 0.29) is 19.3 Å². The number of nitrogens with two attached hydrogens (primary N) is 1. The first-order valence-corrected chi connectivity index (χ1v) is 10.2. The Labute approximate surface area is 187 Å². The molecule has 0 bridgehead atoms. The summed E-state index contributed by atoms with van der Waals surface area (Å²) in [5.74, 6) is -3.77. The topological polar surface area (TPSA) is 159 Å². The molecule has 172 valence electrons. The van der Waals surface area contributed by atoms with E-state index < -0.39 is 47.7 Å². The van der Waals surface area contributed by atoms with Crippen molar-refractivity contribution in [2.45, 2.75) is 50.2 Å². The number of benzene rings is 1. The average Bonchev–Trinajstić information content (AvgIpc) is 3.27. The van der Waals surface area contributed by atoms with Crippen molar-refractivity contribution in [2.24, 2.45) is 5.73 Å². The van der Waals surface area contributed by atoms with Crippen molar-refractivity contribution < 1.29 is 30.4 Å². The number of hydrogen-bond donors (Lipinski definition) is 4. The molecule has 0 saturated carbocycles. The highest BCUT2D eigenvalue weighted by molar-refractivity contribution is 5.95. The number of carbonyl (C=O) groups excluding carboxylic acids is 4. The lowest BCUT2D eigenvalue weighted by atomic mass is 10.0. The van der Waals surface area contributed by atoms with Crippen molar-refractivity contribution in [1.29, 1.82) is 0 Å². The summed E-state index contributed by atoms with van der Waals surface area (Å²) >= 11 is 0. The van der Waals surface area contributed by atoms with Gasteiger partial charge in [0.05, 0.1) is 1.37 Å². The van der Waals surface area contributed by atoms with E-state index in [1.807, 2.05) is 0 Å². The third-order valence-electron chi connectivity index (χ3n) is 5.19. The van der Waals surface area contributed by atoms with E-state index in [0.717, 1.165) is 18.2 Å². The van der Waals surface area contributed by atoms with Gasteiger partial charge in [-0.15, -0.1) is 0 Å². The molecule has 5 N–H and O–H groups in total. The number of rotatable bonds is 11. The molecule has 10 heteroatoms. The Morgan fingerprint density at radius 1 is 1.22 bits per heavy atom. The van der Waals surface area contributed by atoms with Crippen LogP contribution in [0.2, 0.25) is 0 Å². The molecule has 0 aliphatic carbocycles. The Kier molecular flexibility index (Phi) is 8.36. The number of carboxylic acids is 1. The van der Waals surface area contributed by atoms with Crippen molar-refractivity contribution in [2.75, 3.05) is 6.54 Å². The first-order valence-electron chi connectivity index (χ1n) is 10.8. The van der Waals surface area contributed by atoms with Crippen LogP contribution in [0.15, 0.2) is 43.0 Å². The molecule has 32 heavy (non-hydrogen) atoms. The van der Waals surface area contributed by atoms with Crippen LogP contribution in [0.5, 0.6) is 0 Å². The van der Waals surface area contributed by atoms with Gasteiger partial charge >= 0.3 is 5.97 Å². The number of hydrogen-bond acceptors (Lipinski definition) is 5. The van der Waals surface area contributed by atoms with Crippen molar-refractivity contribution in [1.82, 2.24) is 15.5 Å². The van der Waals surface area contributed by atoms with E-state index in [4.69, 9.17) is 7.10 Å². The highest BCUT2D eigenvalue weighted by Crippen LogP contribution is 2.18. The largest absolute Gasteiger partial charge is 0.480 e. The number of carbonyl (C=O) groups is 5. The van der Waals surface area contributed by atoms with Crippen LogP contribution in [0.4, 0.5) is 0 Å². The molecule has 0 radical (unpaired) electrons. The molecule has 1 aromatic carbocycles. The van der Waals surface area contributed by atoms with Gasteiger partial charge in [-0.05, 0) is 30.9 Å². The summed E-state index contributed by atoms with van der Waals surface area (Å²) in [5, 5.41) is 14.4. The second kappa shape index (κ2) is 11.6. The maximum absolute atomic E-state index is 13.0. The predicted molar refractivity (Wildman–Crippen MR) is 115 cm³/mol. The van der Waals surface area contributed by atoms with Gasteiger partial charge in [0.1, 0.15) is 18.1 Å². The van der Waals surface area contributed by atoms with E-state index in [0.29, 0.717) is 19.4 Å². The van der Waals surface area contributed by atoms with Gasteiger partial charge in [-0.25, -0.2) is 4.79 Å². The minimum absolute atomic E-state index is 0.0911. The molecule has 4 amide bonds. The van der Waals surface area contributed by atoms with Gasteiger partial charge in [0, 0.05) is 19.4 Å². The molecule has 0 unspecified atom stereocenters. The van der Waals surface area contributed by atoms with Crippen LogP contribution in [-0.2, 0) is 30.4 Å². The third kappa shape index (κ3) is 6.93. The summed E-state index contributed by atoms with van der Waals surface area (Å²) in [6.45, 7) is 1.20. The van der Waals surface area contributed by atoms with Crippen LogP contribution in [0.3, 0.4) is 0 Å². The van der Waals surface area contributed by atoms with Gasteiger partial charge in [0.2, 0.25) is 23.6 Å². The molecule has 1 aliphatic rings. The fourth-order valence-corrected chi connectivity index (χ4v) is 3.54. The Hall–Kier alpha value is -3.69. The quantitative estimate of drug-likeness (QED) is 0.343. The lowest BCUT2D eigenvalue weighted by Gasteiger charge is -2.26. The van der Waals surface area contributed by atoms with Crippen molar-refractivity contribution in [3.05, 3.63) is 48.5 Å². The minimum Gasteiger partial charge on any atom is -0.480 e. The average molecular weight is 445 g/mol. The van der Waals surface area contributed by atoms with E-state index in [1.54, 1.807) is 30.3 Å². The van der Waals surface area contributed by atoms with E-state index >= 15 is 0 Å². The normalized spacial score (nSPS) is 17.9. The molecular formula is C22H28N4O6. The molecule has 1 aromatic rings. The fourth-order valence-electron chi connectivity index (χ4n) is 3.54. The molecule has 1 heterocycles. The number of nitrogens with one attached hydrogen (secondary N) is 2. The second-order valence-corrected chi connectivity index (χ2v) is 7.51. The summed E-state index contributed by atoms with van der Waals surface area (Å²) in [7, 11) is 0. The van der Waals surface area contributed by atoms with E-state index in [2.05, 4.69) is 10.6 Å². The summed E-state index contributed by atoms with van der Waals surface area (Å²) in [4.78, 5) is 62.0. The number of primary amides is 1. The maximum atomic E-state index is 13.0. The van der Waals surface area contributed by atoms with Crippen molar-refractivity contribution >= 4 is 29.6 Å². The molecule has 3 atom stereocenters. The van der Waals surface area contributed by atoms with E-state index in [9.17, 15) is 29.1 Å². The zero-order valence-corrected chi connectivity index (χ0v) is 17.5. The molecule has 0 aromatic heterocycles. The number of nitrogens with zero attached hydrogens (tertiary/aromatic N) is 1. The van der Waals surface area contributed by atoms with Crippen LogP contribution in [-0.4, -0.2) is 64.3 Å². The zero-order chi connectivity index (χ0) is 24.4. The number of amides is 4. The van der Waals surface area contributed by atoms with Crippen LogP contribution in [0, 0.1) is 0 Å². The zero-order valence-electron chi connectivity index (χ0n) is 18.5. The number of aliphatic carboxylic acids is 1. The summed E-state index contributed by atoms with van der Waals surface area (Å²) in [6.07, 6.45) is 1.73. The number of likely N-dealkylation sites (tertiary alicyclic amines) is 1. The Morgan fingerprint density at radius 2 is 1.94 bits per heavy atom. The molecule has 2 rings (SSSR count). The summed E-state index contributed by atoms with van der Waals surface area (Å²) < 4.78 is 7.07. The van der Waals surface area contributed by atoms with E-state index in [1.165, 1.54) is 4.90 Å². The third-order valence-corrected chi connectivity index (χ3v) is 5.19. The lowest BCUT2D eigenvalue weighted by Crippen LogP contribution is -2.56. The Bertz CT molecular complexity index is 907. The van der Waals surface area contributed by atoms with Crippen LogP contribution < -0.4 is 16.4 Å². The van der Waals surface area contributed by atoms with Crippen molar-refractivity contribution in [3.63, 3.8) is 0 Å². The molecule has 1 saturated heterocycles. The van der Waals surface area contributed by atoms with Crippen LogP contribution >= 0.6 is 0 Å². The predicted octanol–water partition coefficient (Wildman–Crippen LogP) is -0.274. The van der Waals surface area contributed by atoms with Gasteiger partial charge in [0.25, 0.3) is 0 Å². The Morgan fingerprint density at radius 3 is 2.56 bits per heavy atom. The molecular weight excluding hydrogens is 416 g/mol. The van der Waals surface area contributed by atoms with Gasteiger partial charge in [0.15, 0.2) is 0 Å². The van der Waals surface area contributed by atoms with Gasteiger partial charge < -0.3 is 26.4 Å². The molecule has 0 spiro atoms. The van der Waals surface area contributed by atoms with Gasteiger partial charge in [-0.2, -0.15) is 0 Å². The highest BCUT2D eigenvalue weighted by Gasteiger charge is 2.35. The molecule has 1 fully saturated rings. The first-order chi connectivity index (χ1) is 15.7. The number of carboxylic acid groups (broad SMARTS) is 1. The summed E-state index contributed by atoms with van der Waals surface area (Å²) in [5.41, 5.74) is 5.81. The van der Waals surface area contributed by atoms with Crippen LogP contribution in [0.1, 0.15) is 32.6 Å². The molecule has 1 aliphatic heterocycles. The lowest BCUT2D eigenvalue weighted by molar-refractivity contribution is -0.143. The SMILES string of the molecule is [2H]C=CC(=O)N1CCC[C@H]1C(=O)N[C@@H](Cc1ccccc1)C(=O)N[C@@H](CCC(N)=O)C(=O)O. The van der Waals surface area contributed by atoms with Crippen LogP contribution in [0.25, 0.3) is 0 Å².